The molecule has 0 aliphatic carbocycles. The molecule has 4 nitrogen and oxygen atoms in total. The van der Waals surface area contributed by atoms with Crippen molar-refractivity contribution in [3.63, 3.8) is 0 Å². The lowest BCUT2D eigenvalue weighted by Gasteiger charge is -2.20. The Morgan fingerprint density at radius 1 is 0.397 bits per heavy atom. The molecule has 0 saturated heterocycles. The van der Waals surface area contributed by atoms with Crippen molar-refractivity contribution in [1.29, 1.82) is 0 Å². The number of carbonyl (C=O) groups excluding carboxylic acids is 1. The highest BCUT2D eigenvalue weighted by Crippen LogP contribution is 2.17. The monoisotopic (exact) mass is 880 g/mol. The first-order valence-corrected chi connectivity index (χ1v) is 28.0. The molecule has 4 heteroatoms. The van der Waals surface area contributed by atoms with Gasteiger partial charge in [-0.3, -0.25) is 4.79 Å². The Morgan fingerprint density at radius 3 is 1.05 bits per heavy atom. The minimum Gasteiger partial charge on any atom is -0.394 e. The zero-order valence-corrected chi connectivity index (χ0v) is 42.3. The minimum atomic E-state index is -0.847. The topological polar surface area (TPSA) is 69.6 Å². The van der Waals surface area contributed by atoms with Gasteiger partial charge in [-0.25, -0.2) is 0 Å². The maximum absolute atomic E-state index is 12.5. The number of amides is 1. The third kappa shape index (κ3) is 50.9. The van der Waals surface area contributed by atoms with Crippen molar-refractivity contribution < 1.29 is 15.0 Å². The molecule has 2 atom stereocenters. The van der Waals surface area contributed by atoms with E-state index in [9.17, 15) is 15.0 Å². The molecular weight excluding hydrogens is 771 g/mol. The number of hydrogen-bond donors (Lipinski definition) is 3. The molecule has 0 aliphatic rings. The maximum Gasteiger partial charge on any atom is 0.220 e. The van der Waals surface area contributed by atoms with Crippen LogP contribution in [0.15, 0.2) is 60.8 Å². The average Bonchev–Trinajstić information content (AvgIpc) is 3.29. The number of aliphatic hydroxyl groups is 2. The quantitative estimate of drug-likeness (QED) is 0.0421. The number of carbonyl (C=O) groups is 1. The summed E-state index contributed by atoms with van der Waals surface area (Å²) in [7, 11) is 0. The van der Waals surface area contributed by atoms with E-state index in [1.807, 2.05) is 6.08 Å². The van der Waals surface area contributed by atoms with Crippen molar-refractivity contribution in [3.8, 4) is 0 Å². The molecule has 3 N–H and O–H groups in total. The van der Waals surface area contributed by atoms with Gasteiger partial charge in [0.05, 0.1) is 18.8 Å². The van der Waals surface area contributed by atoms with E-state index in [1.54, 1.807) is 6.08 Å². The van der Waals surface area contributed by atoms with Gasteiger partial charge in [0.1, 0.15) is 0 Å². The van der Waals surface area contributed by atoms with Gasteiger partial charge >= 0.3 is 0 Å². The summed E-state index contributed by atoms with van der Waals surface area (Å²) in [6, 6.07) is -0.630. The number of unbranched alkanes of at least 4 members (excludes halogenated alkanes) is 36. The second kappa shape index (κ2) is 54.4. The van der Waals surface area contributed by atoms with Crippen molar-refractivity contribution in [3.05, 3.63) is 60.8 Å². The van der Waals surface area contributed by atoms with Crippen LogP contribution in [0, 0.1) is 0 Å². The fourth-order valence-electron chi connectivity index (χ4n) is 8.53. The molecule has 0 bridgehead atoms. The summed E-state index contributed by atoms with van der Waals surface area (Å²) in [6.07, 6.45) is 76.7. The molecule has 368 valence electrons. The van der Waals surface area contributed by atoms with E-state index in [2.05, 4.69) is 67.8 Å². The number of hydrogen-bond acceptors (Lipinski definition) is 3. The summed E-state index contributed by atoms with van der Waals surface area (Å²) in [6.45, 7) is 4.22. The van der Waals surface area contributed by atoms with Crippen molar-refractivity contribution in [2.45, 2.75) is 302 Å². The molecule has 0 aromatic heterocycles. The SMILES string of the molecule is CC/C=C\C/C=C\C/C=C\C/C=C\CCCCCCCCCCC(=O)NC(CO)C(O)/C=C/CCCCCCCCCCCCCCCCCCCCCCCCCCCCCC. The molecule has 0 radical (unpaired) electrons. The molecule has 0 aliphatic heterocycles. The lowest BCUT2D eigenvalue weighted by molar-refractivity contribution is -0.123. The Balaban J connectivity index is 3.49. The summed E-state index contributed by atoms with van der Waals surface area (Å²) >= 11 is 0. The molecule has 63 heavy (non-hydrogen) atoms. The highest BCUT2D eigenvalue weighted by molar-refractivity contribution is 5.76. The lowest BCUT2D eigenvalue weighted by Crippen LogP contribution is -2.45. The molecule has 2 unspecified atom stereocenters. The van der Waals surface area contributed by atoms with Gasteiger partial charge in [-0.1, -0.05) is 286 Å². The van der Waals surface area contributed by atoms with Crippen molar-refractivity contribution in [1.82, 2.24) is 5.32 Å². The Labute approximate surface area is 394 Å². The molecule has 0 saturated carbocycles. The van der Waals surface area contributed by atoms with Gasteiger partial charge in [0.2, 0.25) is 5.91 Å². The molecule has 0 fully saturated rings. The van der Waals surface area contributed by atoms with Crippen LogP contribution >= 0.6 is 0 Å². The third-order valence-corrected chi connectivity index (χ3v) is 12.8. The average molecular weight is 881 g/mol. The predicted molar refractivity (Wildman–Crippen MR) is 281 cm³/mol. The fourth-order valence-corrected chi connectivity index (χ4v) is 8.53. The van der Waals surface area contributed by atoms with Crippen LogP contribution in [0.1, 0.15) is 290 Å². The lowest BCUT2D eigenvalue weighted by atomic mass is 10.0. The van der Waals surface area contributed by atoms with Crippen LogP contribution in [0.2, 0.25) is 0 Å². The molecule has 0 aromatic carbocycles. The molecule has 1 amide bonds. The van der Waals surface area contributed by atoms with E-state index in [4.69, 9.17) is 0 Å². The zero-order chi connectivity index (χ0) is 45.6. The van der Waals surface area contributed by atoms with E-state index in [0.717, 1.165) is 51.4 Å². The first-order valence-electron chi connectivity index (χ1n) is 28.0. The normalized spacial score (nSPS) is 13.3. The van der Waals surface area contributed by atoms with Crippen molar-refractivity contribution in [2.24, 2.45) is 0 Å². The second-order valence-electron chi connectivity index (χ2n) is 19.0. The van der Waals surface area contributed by atoms with Gasteiger partial charge in [0, 0.05) is 6.42 Å². The van der Waals surface area contributed by atoms with Crippen LogP contribution in [0.5, 0.6) is 0 Å². The number of rotatable bonds is 51. The van der Waals surface area contributed by atoms with Crippen LogP contribution < -0.4 is 5.32 Å². The van der Waals surface area contributed by atoms with Gasteiger partial charge in [-0.15, -0.1) is 0 Å². The summed E-state index contributed by atoms with van der Waals surface area (Å²) in [5.41, 5.74) is 0. The van der Waals surface area contributed by atoms with E-state index < -0.39 is 12.1 Å². The third-order valence-electron chi connectivity index (χ3n) is 12.8. The van der Waals surface area contributed by atoms with Crippen LogP contribution in [-0.2, 0) is 4.79 Å². The van der Waals surface area contributed by atoms with E-state index in [0.29, 0.717) is 6.42 Å². The Hall–Kier alpha value is -1.91. The van der Waals surface area contributed by atoms with Crippen molar-refractivity contribution >= 4 is 5.91 Å². The van der Waals surface area contributed by atoms with Gasteiger partial charge < -0.3 is 15.5 Å². The first kappa shape index (κ1) is 61.1. The summed E-state index contributed by atoms with van der Waals surface area (Å²) < 4.78 is 0. The van der Waals surface area contributed by atoms with E-state index >= 15 is 0 Å². The molecule has 0 aromatic rings. The molecule has 0 spiro atoms. The van der Waals surface area contributed by atoms with E-state index in [1.165, 1.54) is 218 Å². The first-order chi connectivity index (χ1) is 31.2. The van der Waals surface area contributed by atoms with Gasteiger partial charge in [0.25, 0.3) is 0 Å². The highest BCUT2D eigenvalue weighted by Gasteiger charge is 2.18. The number of aliphatic hydroxyl groups excluding tert-OH is 2. The summed E-state index contributed by atoms with van der Waals surface area (Å²) in [5, 5.41) is 23.2. The van der Waals surface area contributed by atoms with Gasteiger partial charge in [0.15, 0.2) is 0 Å². The number of allylic oxidation sites excluding steroid dienone is 9. The van der Waals surface area contributed by atoms with Gasteiger partial charge in [-0.2, -0.15) is 0 Å². The summed E-state index contributed by atoms with van der Waals surface area (Å²) in [4.78, 5) is 12.5. The molecule has 0 rings (SSSR count). The molecular formula is C59H109NO3. The van der Waals surface area contributed by atoms with Crippen LogP contribution in [0.25, 0.3) is 0 Å². The summed E-state index contributed by atoms with van der Waals surface area (Å²) in [5.74, 6) is -0.0712. The Bertz CT molecular complexity index is 1040. The standard InChI is InChI=1S/C59H109NO3/c1-3-5-7-9-11-13-15-17-19-21-23-25-26-27-28-29-30-31-32-33-35-36-38-40-42-44-46-48-50-52-54-58(62)57(56-61)60-59(63)55-53-51-49-47-45-43-41-39-37-34-24-22-20-18-16-14-12-10-8-6-4-2/h6,8,12,14,18,20,24,34,52,54,57-58,61-62H,3-5,7,9-11,13,15-17,19,21-23,25-33,35-51,53,55-56H2,1-2H3,(H,60,63)/b8-6-,14-12-,20-18-,34-24-,54-52+. The van der Waals surface area contributed by atoms with Gasteiger partial charge in [-0.05, 0) is 57.8 Å². The number of nitrogens with one attached hydrogen (secondary N) is 1. The highest BCUT2D eigenvalue weighted by atomic mass is 16.3. The maximum atomic E-state index is 12.5. The predicted octanol–water partition coefficient (Wildman–Crippen LogP) is 18.4. The fraction of sp³-hybridized carbons (Fsp3) is 0.814. The smallest absolute Gasteiger partial charge is 0.220 e. The van der Waals surface area contributed by atoms with Crippen LogP contribution in [-0.4, -0.2) is 34.9 Å². The Kier molecular flexibility index (Phi) is 52.8. The zero-order valence-electron chi connectivity index (χ0n) is 42.3. The second-order valence-corrected chi connectivity index (χ2v) is 19.0. The van der Waals surface area contributed by atoms with Crippen LogP contribution in [0.3, 0.4) is 0 Å². The minimum absolute atomic E-state index is 0.0712. The van der Waals surface area contributed by atoms with E-state index in [-0.39, 0.29) is 12.5 Å². The van der Waals surface area contributed by atoms with Crippen molar-refractivity contribution in [2.75, 3.05) is 6.61 Å². The largest absolute Gasteiger partial charge is 0.394 e. The Morgan fingerprint density at radius 2 is 0.698 bits per heavy atom. The van der Waals surface area contributed by atoms with Crippen LogP contribution in [0.4, 0.5) is 0 Å². The molecule has 0 heterocycles.